The largest absolute Gasteiger partial charge is 0.300 e. The molecule has 0 N–H and O–H groups in total. The van der Waals surface area contributed by atoms with Crippen LogP contribution in [0, 0.1) is 0 Å². The molecular formula is C11H19NO. The second-order valence-corrected chi connectivity index (χ2v) is 3.77. The molecule has 0 aromatic carbocycles. The van der Waals surface area contributed by atoms with Crippen LogP contribution in [-0.4, -0.2) is 29.8 Å². The van der Waals surface area contributed by atoms with E-state index in [2.05, 4.69) is 17.1 Å². The Bertz CT molecular complexity index is 198. The van der Waals surface area contributed by atoms with Crippen molar-refractivity contribution in [1.29, 1.82) is 0 Å². The van der Waals surface area contributed by atoms with E-state index >= 15 is 0 Å². The van der Waals surface area contributed by atoms with Crippen molar-refractivity contribution >= 4 is 5.78 Å². The van der Waals surface area contributed by atoms with Crippen LogP contribution in [0.15, 0.2) is 12.2 Å². The number of allylic oxidation sites excluding steroid dienone is 1. The van der Waals surface area contributed by atoms with Gasteiger partial charge in [0, 0.05) is 19.0 Å². The lowest BCUT2D eigenvalue weighted by Gasteiger charge is -2.21. The van der Waals surface area contributed by atoms with Crippen LogP contribution < -0.4 is 0 Å². The highest BCUT2D eigenvalue weighted by Crippen LogP contribution is 2.19. The Morgan fingerprint density at radius 2 is 2.38 bits per heavy atom. The Balaban J connectivity index is 2.39. The van der Waals surface area contributed by atoms with Crippen LogP contribution in [0.3, 0.4) is 0 Å². The van der Waals surface area contributed by atoms with Gasteiger partial charge in [-0.2, -0.15) is 0 Å². The molecular weight excluding hydrogens is 162 g/mol. The summed E-state index contributed by atoms with van der Waals surface area (Å²) < 4.78 is 0. The number of ketones is 1. The van der Waals surface area contributed by atoms with Gasteiger partial charge in [0.1, 0.15) is 5.78 Å². The summed E-state index contributed by atoms with van der Waals surface area (Å²) in [5.41, 5.74) is 0. The van der Waals surface area contributed by atoms with Gasteiger partial charge in [0.2, 0.25) is 0 Å². The third-order valence-electron chi connectivity index (χ3n) is 2.60. The molecule has 1 heterocycles. The second-order valence-electron chi connectivity index (χ2n) is 3.77. The number of rotatable bonds is 4. The lowest BCUT2D eigenvalue weighted by Crippen LogP contribution is -2.30. The lowest BCUT2D eigenvalue weighted by molar-refractivity contribution is -0.117. The third-order valence-corrected chi connectivity index (χ3v) is 2.60. The highest BCUT2D eigenvalue weighted by molar-refractivity contribution is 5.76. The van der Waals surface area contributed by atoms with Gasteiger partial charge < -0.3 is 0 Å². The fraction of sp³-hybridized carbons (Fsp3) is 0.727. The Labute approximate surface area is 80.6 Å². The minimum Gasteiger partial charge on any atom is -0.300 e. The Kier molecular flexibility index (Phi) is 4.16. The SMILES string of the molecule is CC=CCN1CCCC1CC(C)=O. The van der Waals surface area contributed by atoms with Crippen molar-refractivity contribution in [2.75, 3.05) is 13.1 Å². The van der Waals surface area contributed by atoms with E-state index in [9.17, 15) is 4.79 Å². The molecule has 0 aromatic heterocycles. The van der Waals surface area contributed by atoms with Crippen molar-refractivity contribution in [3.63, 3.8) is 0 Å². The second kappa shape index (κ2) is 5.18. The third kappa shape index (κ3) is 3.31. The van der Waals surface area contributed by atoms with Gasteiger partial charge in [-0.25, -0.2) is 0 Å². The number of carbonyl (C=O) groups is 1. The minimum atomic E-state index is 0.317. The molecule has 2 nitrogen and oxygen atoms in total. The molecule has 1 unspecified atom stereocenters. The van der Waals surface area contributed by atoms with Crippen LogP contribution in [0.1, 0.15) is 33.1 Å². The lowest BCUT2D eigenvalue weighted by atomic mass is 10.1. The van der Waals surface area contributed by atoms with Gasteiger partial charge in [-0.1, -0.05) is 12.2 Å². The zero-order valence-electron chi connectivity index (χ0n) is 8.62. The maximum atomic E-state index is 11.0. The van der Waals surface area contributed by atoms with E-state index in [4.69, 9.17) is 0 Å². The smallest absolute Gasteiger partial charge is 0.131 e. The van der Waals surface area contributed by atoms with E-state index in [1.807, 2.05) is 6.92 Å². The molecule has 0 radical (unpaired) electrons. The van der Waals surface area contributed by atoms with Crippen molar-refractivity contribution < 1.29 is 4.79 Å². The standard InChI is InChI=1S/C11H19NO/c1-3-4-7-12-8-5-6-11(12)9-10(2)13/h3-4,11H,5-9H2,1-2H3. The Hall–Kier alpha value is -0.630. The number of nitrogens with zero attached hydrogens (tertiary/aromatic N) is 1. The van der Waals surface area contributed by atoms with Gasteiger partial charge in [0.15, 0.2) is 0 Å². The van der Waals surface area contributed by atoms with Crippen molar-refractivity contribution in [3.8, 4) is 0 Å². The average molecular weight is 181 g/mol. The first-order valence-electron chi connectivity index (χ1n) is 5.08. The van der Waals surface area contributed by atoms with Gasteiger partial charge in [-0.05, 0) is 33.2 Å². The predicted molar refractivity (Wildman–Crippen MR) is 54.7 cm³/mol. The number of Topliss-reactive ketones (excluding diaryl/α,β-unsaturated/α-hetero) is 1. The summed E-state index contributed by atoms with van der Waals surface area (Å²) in [7, 11) is 0. The molecule has 1 fully saturated rings. The Morgan fingerprint density at radius 3 is 3.00 bits per heavy atom. The van der Waals surface area contributed by atoms with Crippen LogP contribution in [0.4, 0.5) is 0 Å². The highest BCUT2D eigenvalue weighted by Gasteiger charge is 2.23. The summed E-state index contributed by atoms with van der Waals surface area (Å²) in [5.74, 6) is 0.317. The predicted octanol–water partition coefficient (Wildman–Crippen LogP) is 2.01. The van der Waals surface area contributed by atoms with Crippen molar-refractivity contribution in [2.45, 2.75) is 39.2 Å². The molecule has 0 bridgehead atoms. The first-order chi connectivity index (χ1) is 6.24. The van der Waals surface area contributed by atoms with E-state index in [0.29, 0.717) is 11.8 Å². The molecule has 0 aliphatic carbocycles. The topological polar surface area (TPSA) is 20.3 Å². The van der Waals surface area contributed by atoms with Crippen LogP contribution in [0.25, 0.3) is 0 Å². The van der Waals surface area contributed by atoms with Crippen molar-refractivity contribution in [3.05, 3.63) is 12.2 Å². The van der Waals surface area contributed by atoms with E-state index in [0.717, 1.165) is 19.5 Å². The van der Waals surface area contributed by atoms with Crippen molar-refractivity contribution in [2.24, 2.45) is 0 Å². The molecule has 1 aliphatic rings. The molecule has 1 atom stereocenters. The van der Waals surface area contributed by atoms with Gasteiger partial charge in [-0.3, -0.25) is 9.69 Å². The fourth-order valence-electron chi connectivity index (χ4n) is 1.94. The van der Waals surface area contributed by atoms with E-state index < -0.39 is 0 Å². The maximum absolute atomic E-state index is 11.0. The molecule has 1 aliphatic heterocycles. The first kappa shape index (κ1) is 10.5. The number of hydrogen-bond donors (Lipinski definition) is 0. The Morgan fingerprint density at radius 1 is 1.62 bits per heavy atom. The molecule has 1 saturated heterocycles. The fourth-order valence-corrected chi connectivity index (χ4v) is 1.94. The summed E-state index contributed by atoms with van der Waals surface area (Å²) in [6, 6.07) is 0.508. The highest BCUT2D eigenvalue weighted by atomic mass is 16.1. The zero-order valence-corrected chi connectivity index (χ0v) is 8.62. The molecule has 0 aromatic rings. The summed E-state index contributed by atoms with van der Waals surface area (Å²) in [5, 5.41) is 0. The minimum absolute atomic E-state index is 0.317. The van der Waals surface area contributed by atoms with Crippen molar-refractivity contribution in [1.82, 2.24) is 4.90 Å². The van der Waals surface area contributed by atoms with Gasteiger partial charge >= 0.3 is 0 Å². The van der Waals surface area contributed by atoms with E-state index in [1.165, 1.54) is 12.8 Å². The summed E-state index contributed by atoms with van der Waals surface area (Å²) >= 11 is 0. The van der Waals surface area contributed by atoms with Gasteiger partial charge in [0.25, 0.3) is 0 Å². The number of likely N-dealkylation sites (tertiary alicyclic amines) is 1. The number of hydrogen-bond acceptors (Lipinski definition) is 2. The molecule has 0 spiro atoms. The molecule has 1 rings (SSSR count). The zero-order chi connectivity index (χ0) is 9.68. The monoisotopic (exact) mass is 181 g/mol. The van der Waals surface area contributed by atoms with Gasteiger partial charge in [-0.15, -0.1) is 0 Å². The molecule has 13 heavy (non-hydrogen) atoms. The number of carbonyl (C=O) groups excluding carboxylic acids is 1. The molecule has 0 amide bonds. The van der Waals surface area contributed by atoms with Crippen LogP contribution in [-0.2, 0) is 4.79 Å². The summed E-state index contributed by atoms with van der Waals surface area (Å²) in [4.78, 5) is 13.4. The molecule has 74 valence electrons. The summed E-state index contributed by atoms with van der Waals surface area (Å²) in [6.07, 6.45) is 7.41. The van der Waals surface area contributed by atoms with Crippen LogP contribution in [0.2, 0.25) is 0 Å². The summed E-state index contributed by atoms with van der Waals surface area (Å²) in [6.45, 7) is 5.89. The van der Waals surface area contributed by atoms with Gasteiger partial charge in [0.05, 0.1) is 0 Å². The quantitative estimate of drug-likeness (QED) is 0.618. The normalized spacial score (nSPS) is 24.3. The van der Waals surface area contributed by atoms with E-state index in [1.54, 1.807) is 6.92 Å². The maximum Gasteiger partial charge on any atom is 0.131 e. The first-order valence-corrected chi connectivity index (χ1v) is 5.08. The van der Waals surface area contributed by atoms with Crippen LogP contribution >= 0.6 is 0 Å². The molecule has 2 heteroatoms. The van der Waals surface area contributed by atoms with E-state index in [-0.39, 0.29) is 0 Å². The molecule has 0 saturated carbocycles. The van der Waals surface area contributed by atoms with Crippen LogP contribution in [0.5, 0.6) is 0 Å². The average Bonchev–Trinajstić information content (AvgIpc) is 2.48.